The van der Waals surface area contributed by atoms with Crippen LogP contribution >= 0.6 is 22.7 Å². The van der Waals surface area contributed by atoms with E-state index in [0.29, 0.717) is 31.4 Å². The summed E-state index contributed by atoms with van der Waals surface area (Å²) in [5, 5.41) is 19.5. The molecule has 4 rings (SSSR count). The normalized spacial score (nSPS) is 13.9. The van der Waals surface area contributed by atoms with Crippen LogP contribution in [0, 0.1) is 22.7 Å². The third-order valence-corrected chi connectivity index (χ3v) is 8.22. The Morgan fingerprint density at radius 2 is 1.29 bits per heavy atom. The first-order valence-electron chi connectivity index (χ1n) is 13.4. The number of hydrogen-bond donors (Lipinski definition) is 1. The molecular weight excluding hydrogens is 520 g/mol. The van der Waals surface area contributed by atoms with Gasteiger partial charge in [-0.05, 0) is 90.2 Å². The topological polar surface area (TPSA) is 123 Å². The molecule has 0 aliphatic heterocycles. The predicted molar refractivity (Wildman–Crippen MR) is 154 cm³/mol. The van der Waals surface area contributed by atoms with E-state index in [1.54, 1.807) is 22.7 Å². The van der Waals surface area contributed by atoms with Crippen LogP contribution in [0.4, 0.5) is 10.0 Å². The van der Waals surface area contributed by atoms with Crippen LogP contribution in [0.1, 0.15) is 85.4 Å². The summed E-state index contributed by atoms with van der Waals surface area (Å²) in [6.07, 6.45) is 10.6. The van der Waals surface area contributed by atoms with Crippen molar-refractivity contribution in [2.45, 2.75) is 85.5 Å². The molecule has 0 saturated carbocycles. The minimum Gasteiger partial charge on any atom is -0.483 e. The highest BCUT2D eigenvalue weighted by molar-refractivity contribution is 7.16. The first-order chi connectivity index (χ1) is 18.5. The van der Waals surface area contributed by atoms with Gasteiger partial charge in [-0.2, -0.15) is 10.5 Å². The van der Waals surface area contributed by atoms with Gasteiger partial charge in [0.05, 0.1) is 17.7 Å². The third kappa shape index (κ3) is 9.37. The first kappa shape index (κ1) is 31.7. The van der Waals surface area contributed by atoms with E-state index in [-0.39, 0.29) is 0 Å². The van der Waals surface area contributed by atoms with E-state index in [1.165, 1.54) is 53.0 Å². The molecule has 38 heavy (non-hydrogen) atoms. The zero-order valence-corrected chi connectivity index (χ0v) is 24.6. The average molecular weight is 561 g/mol. The highest BCUT2D eigenvalue weighted by atomic mass is 32.1. The number of nitriles is 2. The number of ether oxygens (including phenoxy) is 4. The van der Waals surface area contributed by atoms with Crippen LogP contribution in [0.25, 0.3) is 0 Å². The molecule has 0 spiro atoms. The number of nitrogens with zero attached hydrogens (tertiary/aromatic N) is 3. The van der Waals surface area contributed by atoms with Crippen LogP contribution in [0.3, 0.4) is 0 Å². The SMILES string of the molecule is CCOC(OCC)OCC.CCOC=Nc1sc2c(c1C#N)CCCC2.N#Cc1c(N)sc2c1CCCC2. The summed E-state index contributed by atoms with van der Waals surface area (Å²) in [5.74, 6) is 0. The van der Waals surface area contributed by atoms with E-state index in [2.05, 4.69) is 17.1 Å². The molecule has 0 radical (unpaired) electrons. The maximum absolute atomic E-state index is 9.16. The van der Waals surface area contributed by atoms with Crippen molar-refractivity contribution in [2.75, 3.05) is 32.2 Å². The summed E-state index contributed by atoms with van der Waals surface area (Å²) in [7, 11) is 0. The summed E-state index contributed by atoms with van der Waals surface area (Å²) >= 11 is 3.23. The fraction of sp³-hybridized carbons (Fsp3) is 0.607. The van der Waals surface area contributed by atoms with Gasteiger partial charge in [0.2, 0.25) is 0 Å². The maximum Gasteiger partial charge on any atom is 0.271 e. The lowest BCUT2D eigenvalue weighted by Crippen LogP contribution is -2.20. The summed E-state index contributed by atoms with van der Waals surface area (Å²) in [5.41, 5.74) is 9.69. The van der Waals surface area contributed by atoms with E-state index in [1.807, 2.05) is 27.7 Å². The quantitative estimate of drug-likeness (QED) is 0.207. The molecule has 0 aromatic carbocycles. The molecule has 0 unspecified atom stereocenters. The summed E-state index contributed by atoms with van der Waals surface area (Å²) in [6, 6.07) is 4.46. The number of hydrogen-bond acceptors (Lipinski definition) is 10. The molecule has 2 N–H and O–H groups in total. The lowest BCUT2D eigenvalue weighted by atomic mass is 9.96. The number of thiophene rings is 2. The lowest BCUT2D eigenvalue weighted by molar-refractivity contribution is -0.282. The molecule has 2 aliphatic rings. The van der Waals surface area contributed by atoms with Crippen molar-refractivity contribution >= 4 is 39.1 Å². The zero-order chi connectivity index (χ0) is 27.8. The second kappa shape index (κ2) is 17.9. The zero-order valence-electron chi connectivity index (χ0n) is 23.0. The molecule has 0 atom stereocenters. The number of nitrogen functional groups attached to an aromatic ring is 1. The molecule has 10 heteroatoms. The van der Waals surface area contributed by atoms with Gasteiger partial charge in [-0.15, -0.1) is 22.7 Å². The van der Waals surface area contributed by atoms with Crippen molar-refractivity contribution in [3.8, 4) is 12.1 Å². The third-order valence-electron chi connectivity index (χ3n) is 5.89. The summed E-state index contributed by atoms with van der Waals surface area (Å²) in [6.45, 7) is 9.62. The smallest absolute Gasteiger partial charge is 0.271 e. The number of rotatable bonds is 9. The molecule has 2 aromatic heterocycles. The van der Waals surface area contributed by atoms with Gasteiger partial charge in [0.25, 0.3) is 6.48 Å². The van der Waals surface area contributed by atoms with Crippen molar-refractivity contribution in [3.05, 3.63) is 32.0 Å². The van der Waals surface area contributed by atoms with Gasteiger partial charge in [-0.3, -0.25) is 0 Å². The first-order valence-corrected chi connectivity index (χ1v) is 15.0. The largest absolute Gasteiger partial charge is 0.483 e. The van der Waals surface area contributed by atoms with Crippen LogP contribution in [0.15, 0.2) is 4.99 Å². The van der Waals surface area contributed by atoms with E-state index in [4.69, 9.17) is 35.2 Å². The van der Waals surface area contributed by atoms with Gasteiger partial charge in [0, 0.05) is 29.6 Å². The highest BCUT2D eigenvalue weighted by Crippen LogP contribution is 2.39. The Morgan fingerprint density at radius 3 is 1.79 bits per heavy atom. The number of aliphatic imine (C=N–C) groups is 1. The Kier molecular flexibility index (Phi) is 15.0. The van der Waals surface area contributed by atoms with Crippen LogP contribution < -0.4 is 5.73 Å². The van der Waals surface area contributed by atoms with Crippen molar-refractivity contribution in [1.82, 2.24) is 0 Å². The molecule has 2 heterocycles. The Bertz CT molecular complexity index is 1080. The number of fused-ring (bicyclic) bond motifs is 2. The minimum atomic E-state index is -0.472. The van der Waals surface area contributed by atoms with E-state index in [9.17, 15) is 0 Å². The minimum absolute atomic E-state index is 0.472. The molecule has 2 aromatic rings. The molecule has 0 fully saturated rings. The van der Waals surface area contributed by atoms with Gasteiger partial charge in [0.15, 0.2) is 6.40 Å². The van der Waals surface area contributed by atoms with Crippen LogP contribution in [-0.2, 0) is 44.6 Å². The predicted octanol–water partition coefficient (Wildman–Crippen LogP) is 6.66. The van der Waals surface area contributed by atoms with Gasteiger partial charge in [-0.1, -0.05) is 0 Å². The molecule has 208 valence electrons. The second-order valence-corrected chi connectivity index (χ2v) is 10.6. The van der Waals surface area contributed by atoms with Gasteiger partial charge >= 0.3 is 0 Å². The molecule has 8 nitrogen and oxygen atoms in total. The van der Waals surface area contributed by atoms with Crippen molar-refractivity contribution in [3.63, 3.8) is 0 Å². The fourth-order valence-corrected chi connectivity index (χ4v) is 6.46. The Morgan fingerprint density at radius 1 is 0.789 bits per heavy atom. The van der Waals surface area contributed by atoms with Gasteiger partial charge < -0.3 is 24.7 Å². The fourth-order valence-electron chi connectivity index (χ4n) is 4.18. The Hall–Kier alpha value is -2.47. The summed E-state index contributed by atoms with van der Waals surface area (Å²) in [4.78, 5) is 6.90. The molecular formula is C28H40N4O4S2. The van der Waals surface area contributed by atoms with Crippen LogP contribution in [-0.4, -0.2) is 39.3 Å². The Balaban J connectivity index is 0.000000207. The molecule has 0 saturated heterocycles. The highest BCUT2D eigenvalue weighted by Gasteiger charge is 2.20. The monoisotopic (exact) mass is 560 g/mol. The summed E-state index contributed by atoms with van der Waals surface area (Å²) < 4.78 is 20.3. The van der Waals surface area contributed by atoms with E-state index >= 15 is 0 Å². The number of nitrogens with two attached hydrogens (primary N) is 1. The lowest BCUT2D eigenvalue weighted by Gasteiger charge is -2.15. The van der Waals surface area contributed by atoms with Crippen molar-refractivity contribution in [1.29, 1.82) is 10.5 Å². The van der Waals surface area contributed by atoms with Crippen LogP contribution in [0.2, 0.25) is 0 Å². The molecule has 0 bridgehead atoms. The molecule has 0 amide bonds. The number of aryl methyl sites for hydroxylation is 2. The van der Waals surface area contributed by atoms with E-state index in [0.717, 1.165) is 41.8 Å². The van der Waals surface area contributed by atoms with E-state index < -0.39 is 6.48 Å². The van der Waals surface area contributed by atoms with Gasteiger partial charge in [-0.25, -0.2) is 4.99 Å². The van der Waals surface area contributed by atoms with Crippen molar-refractivity contribution in [2.24, 2.45) is 4.99 Å². The van der Waals surface area contributed by atoms with Crippen molar-refractivity contribution < 1.29 is 18.9 Å². The second-order valence-electron chi connectivity index (χ2n) is 8.41. The number of anilines is 1. The van der Waals surface area contributed by atoms with Crippen LogP contribution in [0.5, 0.6) is 0 Å². The maximum atomic E-state index is 9.16. The standard InChI is InChI=1S/C12H14N2OS.C9H10N2S.C7H16O3/c1-2-15-8-14-12-10(7-13)9-5-3-4-6-11(9)16-12;10-5-7-6-3-1-2-4-8(6)12-9(7)11;1-4-8-7(9-5-2)10-6-3/h8H,2-6H2,1H3;1-4,11H2;7H,4-6H2,1-3H3. The average Bonchev–Trinajstić information content (AvgIpc) is 3.45. The Labute approximate surface area is 235 Å². The van der Waals surface area contributed by atoms with Gasteiger partial charge in [0.1, 0.15) is 22.1 Å². The molecule has 2 aliphatic carbocycles.